The van der Waals surface area contributed by atoms with Crippen molar-refractivity contribution in [3.8, 4) is 0 Å². The number of hydrogen-bond acceptors (Lipinski definition) is 3. The van der Waals surface area contributed by atoms with Gasteiger partial charge >= 0.3 is 0 Å². The predicted octanol–water partition coefficient (Wildman–Crippen LogP) is -0.547. The van der Waals surface area contributed by atoms with Crippen molar-refractivity contribution in [2.24, 2.45) is 10.8 Å². The van der Waals surface area contributed by atoms with Gasteiger partial charge in [-0.2, -0.15) is 0 Å². The Morgan fingerprint density at radius 3 is 2.60 bits per heavy atom. The Bertz CT molecular complexity index is 50.7. The Labute approximate surface area is 29.2 Å². The van der Waals surface area contributed by atoms with Gasteiger partial charge in [0.25, 0.3) is 0 Å². The van der Waals surface area contributed by atoms with Crippen LogP contribution in [0.4, 0.5) is 0 Å². The third kappa shape index (κ3) is 3.27. The van der Waals surface area contributed by atoms with Gasteiger partial charge in [0, 0.05) is 0 Å². The van der Waals surface area contributed by atoms with Crippen LogP contribution in [0.3, 0.4) is 0 Å². The second-order valence-corrected chi connectivity index (χ2v) is 0.424. The van der Waals surface area contributed by atoms with Gasteiger partial charge < -0.3 is 5.73 Å². The van der Waals surface area contributed by atoms with E-state index in [9.17, 15) is 0 Å². The summed E-state index contributed by atoms with van der Waals surface area (Å²) in [6.07, 6.45) is 0. The van der Waals surface area contributed by atoms with E-state index in [1.807, 2.05) is 0 Å². The summed E-state index contributed by atoms with van der Waals surface area (Å²) in [5, 5.41) is 3.04. The highest BCUT2D eigenvalue weighted by atomic mass is 15.2. The fourth-order valence-electron chi connectivity index (χ4n) is 0.0408. The summed E-state index contributed by atoms with van der Waals surface area (Å²) in [5.41, 5.74) is 10.7. The van der Waals surface area contributed by atoms with E-state index in [1.54, 1.807) is 0 Å². The van der Waals surface area contributed by atoms with Gasteiger partial charge in [0.2, 0.25) is 4.91 Å². The molecule has 0 aromatic heterocycles. The smallest absolute Gasteiger partial charge is 0.215 e. The Kier molecular flexibility index (Phi) is 2.79. The quantitative estimate of drug-likeness (QED) is 0.317. The summed E-state index contributed by atoms with van der Waals surface area (Å²) >= 11 is 0. The van der Waals surface area contributed by atoms with Crippen LogP contribution in [-0.4, -0.2) is 6.67 Å². The molecule has 4 nitrogen and oxygen atoms in total. The van der Waals surface area contributed by atoms with Crippen molar-refractivity contribution in [1.82, 2.24) is 4.91 Å². The highest BCUT2D eigenvalue weighted by Gasteiger charge is 1.64. The second kappa shape index (κ2) is 3.27. The van der Waals surface area contributed by atoms with Gasteiger partial charge in [-0.05, 0) is 0 Å². The van der Waals surface area contributed by atoms with E-state index < -0.39 is 0 Å². The van der Waals surface area contributed by atoms with Crippen molar-refractivity contribution in [2.75, 3.05) is 6.67 Å². The van der Waals surface area contributed by atoms with Crippen LogP contribution >= 0.6 is 0 Å². The van der Waals surface area contributed by atoms with E-state index in [1.165, 1.54) is 0 Å². The molecule has 0 fully saturated rings. The molecule has 0 aromatic rings. The van der Waals surface area contributed by atoms with Crippen LogP contribution in [0.1, 0.15) is 0 Å². The molecule has 0 saturated heterocycles. The molecule has 0 aromatic carbocycles. The van der Waals surface area contributed by atoms with E-state index in [0.29, 0.717) is 0 Å². The van der Waals surface area contributed by atoms with Gasteiger partial charge in [0.15, 0.2) is 6.67 Å². The lowest BCUT2D eigenvalue weighted by Gasteiger charge is -1.48. The van der Waals surface area contributed by atoms with Gasteiger partial charge in [-0.15, -0.1) is 0 Å². The summed E-state index contributed by atoms with van der Waals surface area (Å²) < 4.78 is 0. The monoisotopic (exact) mass is 73.1 g/mol. The normalized spacial score (nSPS) is 5.80. The largest absolute Gasteiger partial charge is 0.306 e. The maximum absolute atomic E-state index is 5.98. The molecule has 0 aliphatic carbocycles. The minimum absolute atomic E-state index is 0.115. The fraction of sp³-hybridized carbons (Fsp3) is 1.00. The molecule has 0 rings (SSSR count). The van der Waals surface area contributed by atoms with E-state index in [4.69, 9.17) is 11.3 Å². The first-order valence-corrected chi connectivity index (χ1v) is 1.15. The number of rotatable bonds is 1. The van der Waals surface area contributed by atoms with Crippen LogP contribution in [-0.2, 0) is 0 Å². The van der Waals surface area contributed by atoms with Crippen LogP contribution < -0.4 is 10.6 Å². The van der Waals surface area contributed by atoms with E-state index >= 15 is 0 Å². The molecule has 0 amide bonds. The fourth-order valence-corrected chi connectivity index (χ4v) is 0.0408. The Morgan fingerprint density at radius 2 is 2.60 bits per heavy atom. The zero-order valence-electron chi connectivity index (χ0n) is 2.68. The summed E-state index contributed by atoms with van der Waals surface area (Å²) in [5.74, 6) is 0. The highest BCUT2D eigenvalue weighted by molar-refractivity contribution is 4.06. The third-order valence-corrected chi connectivity index (χ3v) is 0.152. The lowest BCUT2D eigenvalue weighted by atomic mass is 11.3. The Balaban J connectivity index is 2.93. The summed E-state index contributed by atoms with van der Waals surface area (Å²) in [6.45, 7) is 0.115. The van der Waals surface area contributed by atoms with Gasteiger partial charge in [0.1, 0.15) is 10.6 Å². The SMILES string of the molecule is N=[N+]=NCN. The Hall–Kier alpha value is -0.730. The van der Waals surface area contributed by atoms with Crippen LogP contribution in [0.15, 0.2) is 5.11 Å². The lowest BCUT2D eigenvalue weighted by Crippen LogP contribution is -1.91. The molecule has 0 radical (unpaired) electrons. The van der Waals surface area contributed by atoms with Gasteiger partial charge in [0.05, 0.1) is 0 Å². The molecule has 3 N–H and O–H groups in total. The molecule has 0 unspecified atom stereocenters. The number of nitrogens with one attached hydrogen (secondary N) is 1. The average Bonchev–Trinajstić information content (AvgIpc) is 1.41. The van der Waals surface area contributed by atoms with Crippen LogP contribution in [0, 0.1) is 5.53 Å². The van der Waals surface area contributed by atoms with Crippen LogP contribution in [0.5, 0.6) is 0 Å². The average molecular weight is 73.1 g/mol. The third-order valence-electron chi connectivity index (χ3n) is 0.152. The molecule has 28 valence electrons. The van der Waals surface area contributed by atoms with Crippen molar-refractivity contribution in [3.63, 3.8) is 0 Å². The standard InChI is InChI=1S/CH5N4/c2-1-4-5-3/h3H,1-2H2/q+1. The summed E-state index contributed by atoms with van der Waals surface area (Å²) in [7, 11) is 0. The summed E-state index contributed by atoms with van der Waals surface area (Å²) in [4.78, 5) is 2.60. The first-order valence-electron chi connectivity index (χ1n) is 1.15. The molecule has 5 heavy (non-hydrogen) atoms. The number of nitrogens with zero attached hydrogens (tertiary/aromatic N) is 2. The van der Waals surface area contributed by atoms with Crippen molar-refractivity contribution < 1.29 is 0 Å². The van der Waals surface area contributed by atoms with E-state index in [0.717, 1.165) is 0 Å². The maximum Gasteiger partial charge on any atom is 0.215 e. The summed E-state index contributed by atoms with van der Waals surface area (Å²) in [6, 6.07) is 0. The molecular weight excluding hydrogens is 68.0 g/mol. The van der Waals surface area contributed by atoms with Crippen molar-refractivity contribution in [3.05, 3.63) is 0 Å². The van der Waals surface area contributed by atoms with Gasteiger partial charge in [-0.1, -0.05) is 0 Å². The first-order chi connectivity index (χ1) is 2.41. The lowest BCUT2D eigenvalue weighted by molar-refractivity contribution is 0.867. The van der Waals surface area contributed by atoms with Crippen molar-refractivity contribution in [2.45, 2.75) is 0 Å². The van der Waals surface area contributed by atoms with E-state index in [-0.39, 0.29) is 6.67 Å². The zero-order valence-corrected chi connectivity index (χ0v) is 2.68. The molecule has 0 atom stereocenters. The van der Waals surface area contributed by atoms with Crippen LogP contribution in [0.25, 0.3) is 0 Å². The predicted molar refractivity (Wildman–Crippen MR) is 16.3 cm³/mol. The van der Waals surface area contributed by atoms with Crippen LogP contribution in [0.2, 0.25) is 0 Å². The number of hydrogen-bond donors (Lipinski definition) is 2. The molecule has 0 aliphatic heterocycles. The molecule has 0 heterocycles. The molecular formula is CH5N4+. The topological polar surface area (TPSA) is 76.3 Å². The number of nitrogens with two attached hydrogens (primary N) is 1. The zero-order chi connectivity index (χ0) is 4.12. The highest BCUT2D eigenvalue weighted by Crippen LogP contribution is 1.38. The maximum atomic E-state index is 5.98. The molecule has 0 bridgehead atoms. The van der Waals surface area contributed by atoms with Crippen molar-refractivity contribution in [1.29, 1.82) is 5.53 Å². The second-order valence-electron chi connectivity index (χ2n) is 0.424. The van der Waals surface area contributed by atoms with Crippen molar-refractivity contribution >= 4 is 0 Å². The Morgan fingerprint density at radius 1 is 2.00 bits per heavy atom. The molecule has 0 saturated carbocycles. The molecule has 4 heteroatoms. The minimum Gasteiger partial charge on any atom is -0.306 e. The van der Waals surface area contributed by atoms with Gasteiger partial charge in [-0.25, -0.2) is 0 Å². The molecule has 0 spiro atoms. The molecule has 0 aliphatic rings. The minimum atomic E-state index is 0.115. The van der Waals surface area contributed by atoms with Gasteiger partial charge in [-0.3, -0.25) is 0 Å². The van der Waals surface area contributed by atoms with E-state index in [2.05, 4.69) is 10.0 Å². The first kappa shape index (κ1) is 4.27.